The van der Waals surface area contributed by atoms with E-state index in [1.165, 1.54) is 6.07 Å². The van der Waals surface area contributed by atoms with Gasteiger partial charge in [0.1, 0.15) is 11.6 Å². The summed E-state index contributed by atoms with van der Waals surface area (Å²) in [4.78, 5) is 40.1. The third-order valence-electron chi connectivity index (χ3n) is 4.23. The van der Waals surface area contributed by atoms with E-state index in [-0.39, 0.29) is 41.2 Å². The van der Waals surface area contributed by atoms with Crippen LogP contribution in [0.5, 0.6) is 0 Å². The zero-order valence-electron chi connectivity index (χ0n) is 16.3. The van der Waals surface area contributed by atoms with Crippen LogP contribution in [-0.4, -0.2) is 56.4 Å². The Bertz CT molecular complexity index is 758. The Labute approximate surface area is 162 Å². The lowest BCUT2D eigenvalue weighted by molar-refractivity contribution is -0.154. The molecular weight excluding hydrogens is 370 g/mol. The number of amides is 1. The minimum absolute atomic E-state index is 0.0795. The molecule has 2 N–H and O–H groups in total. The van der Waals surface area contributed by atoms with Crippen molar-refractivity contribution in [1.82, 2.24) is 9.96 Å². The third-order valence-corrected chi connectivity index (χ3v) is 4.23. The molecule has 0 spiro atoms. The van der Waals surface area contributed by atoms with E-state index in [4.69, 9.17) is 4.74 Å². The molecule has 1 aliphatic heterocycles. The first-order valence-electron chi connectivity index (χ1n) is 8.97. The van der Waals surface area contributed by atoms with Gasteiger partial charge >= 0.3 is 12.8 Å². The molecule has 2 rings (SSSR count). The maximum atomic E-state index is 14.4. The van der Waals surface area contributed by atoms with Crippen LogP contribution in [0.3, 0.4) is 0 Å². The highest BCUT2D eigenvalue weighted by molar-refractivity contribution is 6.76. The largest absolute Gasteiger partial charge is 0.460 e. The maximum absolute atomic E-state index is 14.4. The van der Waals surface area contributed by atoms with Crippen LogP contribution in [0.15, 0.2) is 12.3 Å². The third kappa shape index (κ3) is 5.36. The zero-order valence-corrected chi connectivity index (χ0v) is 16.3. The predicted molar refractivity (Wildman–Crippen MR) is 97.2 cm³/mol. The van der Waals surface area contributed by atoms with Gasteiger partial charge in [-0.25, -0.2) is 4.98 Å². The monoisotopic (exact) mass is 394 g/mol. The molecule has 0 aliphatic carbocycles. The smallest absolute Gasteiger partial charge is 0.367 e. The second-order valence-electron chi connectivity index (χ2n) is 8.09. The molecule has 8 nitrogen and oxygen atoms in total. The van der Waals surface area contributed by atoms with Crippen molar-refractivity contribution in [3.8, 4) is 0 Å². The second kappa shape index (κ2) is 8.36. The van der Waals surface area contributed by atoms with E-state index in [9.17, 15) is 29.1 Å². The van der Waals surface area contributed by atoms with Crippen molar-refractivity contribution < 1.29 is 33.8 Å². The van der Waals surface area contributed by atoms with E-state index < -0.39 is 42.1 Å². The van der Waals surface area contributed by atoms with Gasteiger partial charge in [-0.15, -0.1) is 0 Å². The highest BCUT2D eigenvalue weighted by atomic mass is 19.1. The van der Waals surface area contributed by atoms with E-state index in [0.717, 1.165) is 6.20 Å². The lowest BCUT2D eigenvalue weighted by atomic mass is 9.48. The number of rotatable bonds is 3. The molecule has 1 aliphatic rings. The molecule has 1 aromatic heterocycles. The molecule has 10 heteroatoms. The van der Waals surface area contributed by atoms with Gasteiger partial charge in [0.25, 0.3) is 0 Å². The number of esters is 1. The summed E-state index contributed by atoms with van der Waals surface area (Å²) in [5.41, 5.74) is -0.811. The Morgan fingerprint density at radius 3 is 2.64 bits per heavy atom. The topological polar surface area (TPSA) is 117 Å². The average Bonchev–Trinajstić information content (AvgIpc) is 2.54. The zero-order chi connectivity index (χ0) is 21.2. The quantitative estimate of drug-likeness (QED) is 0.330. The number of aliphatic hydroxyl groups is 1. The number of pyridine rings is 1. The van der Waals surface area contributed by atoms with Crippen LogP contribution in [0.1, 0.15) is 46.1 Å². The van der Waals surface area contributed by atoms with E-state index >= 15 is 0 Å². The number of Topliss-reactive ketones (excluding diaryl/α,β-unsaturated/α-hetero) is 1. The number of hydroxylamine groups is 1. The number of hydrogen-bond donors (Lipinski definition) is 2. The SMILES string of the molecule is CC1CC(=O)C(O)B(c2cc(CC(=O)OC(C)(C)C)cnc2F)N(O)C(=O)C1. The van der Waals surface area contributed by atoms with Crippen molar-refractivity contribution in [2.75, 3.05) is 0 Å². The standard InChI is InChI=1S/C18H24BFN2O6/c1-10-5-13(23)16(26)19(22(27)14(24)6-10)12-7-11(9-21-17(12)20)8-15(25)28-18(2,3)4/h7,9-10,16,26-27H,5-6,8H2,1-4H3. The Kier molecular flexibility index (Phi) is 6.56. The molecular formula is C18H24BFN2O6. The normalized spacial score (nSPS) is 21.4. The number of nitrogens with zero attached hydrogens (tertiary/aromatic N) is 2. The Morgan fingerprint density at radius 1 is 1.39 bits per heavy atom. The second-order valence-corrected chi connectivity index (χ2v) is 8.09. The molecule has 0 radical (unpaired) electrons. The van der Waals surface area contributed by atoms with Crippen molar-refractivity contribution in [3.05, 3.63) is 23.8 Å². The summed E-state index contributed by atoms with van der Waals surface area (Å²) >= 11 is 0. The minimum Gasteiger partial charge on any atom is -0.460 e. The summed E-state index contributed by atoms with van der Waals surface area (Å²) in [6, 6.07) is -0.639. The van der Waals surface area contributed by atoms with Crippen LogP contribution in [0.4, 0.5) is 4.39 Å². The number of carbonyl (C=O) groups is 3. The number of ether oxygens (including phenoxy) is 1. The highest BCUT2D eigenvalue weighted by Gasteiger charge is 2.44. The van der Waals surface area contributed by atoms with E-state index in [1.807, 2.05) is 0 Å². The first-order chi connectivity index (χ1) is 12.9. The molecule has 2 atom stereocenters. The molecule has 2 heterocycles. The lowest BCUT2D eigenvalue weighted by Gasteiger charge is -2.30. The maximum Gasteiger partial charge on any atom is 0.367 e. The lowest BCUT2D eigenvalue weighted by Crippen LogP contribution is -2.61. The first-order valence-corrected chi connectivity index (χ1v) is 8.97. The molecule has 1 aromatic rings. The Balaban J connectivity index is 2.37. The van der Waals surface area contributed by atoms with Crippen LogP contribution in [0, 0.1) is 11.9 Å². The van der Waals surface area contributed by atoms with Gasteiger partial charge in [0.05, 0.1) is 6.42 Å². The first kappa shape index (κ1) is 22.0. The van der Waals surface area contributed by atoms with Gasteiger partial charge < -0.3 is 9.84 Å². The van der Waals surface area contributed by atoms with E-state index in [2.05, 4.69) is 4.98 Å². The van der Waals surface area contributed by atoms with Crippen LogP contribution >= 0.6 is 0 Å². The van der Waals surface area contributed by atoms with E-state index in [0.29, 0.717) is 0 Å². The molecule has 28 heavy (non-hydrogen) atoms. The Hall–Kier alpha value is -2.33. The summed E-state index contributed by atoms with van der Waals surface area (Å²) in [7, 11) is 0. The van der Waals surface area contributed by atoms with E-state index in [1.54, 1.807) is 27.7 Å². The number of aliphatic hydroxyl groups excluding tert-OH is 1. The van der Waals surface area contributed by atoms with Gasteiger partial charge in [0, 0.05) is 24.5 Å². The van der Waals surface area contributed by atoms with Gasteiger partial charge in [-0.1, -0.05) is 13.0 Å². The molecule has 0 bridgehead atoms. The summed E-state index contributed by atoms with van der Waals surface area (Å²) in [5.74, 6) is -3.38. The molecule has 152 valence electrons. The molecule has 1 saturated heterocycles. The van der Waals surface area contributed by atoms with Crippen LogP contribution in [0.2, 0.25) is 0 Å². The fraction of sp³-hybridized carbons (Fsp3) is 0.556. The van der Waals surface area contributed by atoms with Gasteiger partial charge in [-0.05, 0) is 32.3 Å². The van der Waals surface area contributed by atoms with Crippen molar-refractivity contribution >= 4 is 30.0 Å². The van der Waals surface area contributed by atoms with Crippen LogP contribution in [-0.2, 0) is 25.5 Å². The van der Waals surface area contributed by atoms with Crippen molar-refractivity contribution in [1.29, 1.82) is 0 Å². The highest BCUT2D eigenvalue weighted by Crippen LogP contribution is 2.18. The minimum atomic E-state index is -1.83. The van der Waals surface area contributed by atoms with Gasteiger partial charge in [-0.2, -0.15) is 4.39 Å². The van der Waals surface area contributed by atoms with Crippen LogP contribution in [0.25, 0.3) is 0 Å². The molecule has 0 saturated carbocycles. The number of carbonyl (C=O) groups excluding carboxylic acids is 3. The summed E-state index contributed by atoms with van der Waals surface area (Å²) < 4.78 is 19.6. The fourth-order valence-corrected chi connectivity index (χ4v) is 3.05. The number of ketones is 1. The molecule has 0 aromatic carbocycles. The Morgan fingerprint density at radius 2 is 2.04 bits per heavy atom. The van der Waals surface area contributed by atoms with Crippen molar-refractivity contribution in [2.24, 2.45) is 5.92 Å². The van der Waals surface area contributed by atoms with Gasteiger partial charge in [-0.3, -0.25) is 24.6 Å². The van der Waals surface area contributed by atoms with Gasteiger partial charge in [0.15, 0.2) is 5.78 Å². The van der Waals surface area contributed by atoms with Gasteiger partial charge in [0.2, 0.25) is 11.9 Å². The molecule has 1 amide bonds. The molecule has 1 fully saturated rings. The summed E-state index contributed by atoms with van der Waals surface area (Å²) in [6.07, 6.45) is 0.679. The molecule has 2 unspecified atom stereocenters. The van der Waals surface area contributed by atoms with Crippen LogP contribution < -0.4 is 5.46 Å². The van der Waals surface area contributed by atoms with Crippen molar-refractivity contribution in [2.45, 2.75) is 58.6 Å². The number of hydrogen-bond acceptors (Lipinski definition) is 7. The number of aromatic nitrogens is 1. The fourth-order valence-electron chi connectivity index (χ4n) is 3.05. The summed E-state index contributed by atoms with van der Waals surface area (Å²) in [6.45, 7) is 5.09. The number of halogens is 1. The predicted octanol–water partition coefficient (Wildman–Crippen LogP) is 0.420. The van der Waals surface area contributed by atoms with Crippen molar-refractivity contribution in [3.63, 3.8) is 0 Å². The summed E-state index contributed by atoms with van der Waals surface area (Å²) in [5, 5.41) is 20.6. The average molecular weight is 394 g/mol.